The van der Waals surface area contributed by atoms with Crippen molar-refractivity contribution in [2.75, 3.05) is 0 Å². The molecule has 1 rings (SSSR count). The van der Waals surface area contributed by atoms with E-state index < -0.39 is 16.4 Å². The van der Waals surface area contributed by atoms with Crippen molar-refractivity contribution >= 4 is 5.97 Å². The van der Waals surface area contributed by atoms with Gasteiger partial charge in [0.15, 0.2) is 0 Å². The minimum Gasteiger partial charge on any atom is -0.543 e. The largest absolute Gasteiger partial charge is 1.00 e. The summed E-state index contributed by atoms with van der Waals surface area (Å²) < 4.78 is 0. The van der Waals surface area contributed by atoms with Gasteiger partial charge in [-0.1, -0.05) is 0 Å². The standard InChI is InChI=1S/C4H5NO4.Na/c6-3(7)4(1-2-4)5(8)9;/h1-2H2,(H,6,7);/q;+1/p-1. The molecular weight excluding hydrogens is 149 g/mol. The molecule has 0 saturated heterocycles. The SMILES string of the molecule is O=C([O-])C1([N+](=O)[O-])CC1.[Na+]. The van der Waals surface area contributed by atoms with E-state index in [1.807, 2.05) is 0 Å². The van der Waals surface area contributed by atoms with Gasteiger partial charge in [0.05, 0.1) is 0 Å². The van der Waals surface area contributed by atoms with Gasteiger partial charge in [-0.15, -0.1) is 0 Å². The van der Waals surface area contributed by atoms with Crippen LogP contribution in [0.1, 0.15) is 12.8 Å². The Bertz CT molecular complexity index is 160. The summed E-state index contributed by atoms with van der Waals surface area (Å²) in [5, 5.41) is 19.9. The van der Waals surface area contributed by atoms with Gasteiger partial charge in [-0.05, 0) is 0 Å². The van der Waals surface area contributed by atoms with Crippen molar-refractivity contribution < 1.29 is 44.4 Å². The van der Waals surface area contributed by atoms with E-state index in [-0.39, 0.29) is 42.4 Å². The molecule has 0 heterocycles. The minimum atomic E-state index is -1.72. The van der Waals surface area contributed by atoms with Crippen LogP contribution in [0.5, 0.6) is 0 Å². The number of carboxylic acid groups (broad SMARTS) is 1. The Labute approximate surface area is 78.9 Å². The third kappa shape index (κ3) is 1.31. The number of nitro groups is 1. The van der Waals surface area contributed by atoms with Gasteiger partial charge in [-0.25, -0.2) is 0 Å². The summed E-state index contributed by atoms with van der Waals surface area (Å²) >= 11 is 0. The molecule has 0 aliphatic heterocycles. The van der Waals surface area contributed by atoms with Crippen LogP contribution in [0.15, 0.2) is 0 Å². The Balaban J connectivity index is 0.000000810. The van der Waals surface area contributed by atoms with Crippen LogP contribution in [-0.4, -0.2) is 16.4 Å². The molecule has 0 bridgehead atoms. The first-order valence-corrected chi connectivity index (χ1v) is 2.45. The van der Waals surface area contributed by atoms with Crippen molar-refractivity contribution in [1.29, 1.82) is 0 Å². The number of rotatable bonds is 2. The van der Waals surface area contributed by atoms with Crippen LogP contribution < -0.4 is 34.7 Å². The predicted octanol–water partition coefficient (Wildman–Crippen LogP) is -4.45. The summed E-state index contributed by atoms with van der Waals surface area (Å²) in [6.45, 7) is 0. The first-order chi connectivity index (χ1) is 4.09. The maximum absolute atomic E-state index is 9.97. The number of carboxylic acids is 1. The van der Waals surface area contributed by atoms with E-state index in [0.717, 1.165) is 0 Å². The quantitative estimate of drug-likeness (QED) is 0.227. The van der Waals surface area contributed by atoms with E-state index in [2.05, 4.69) is 0 Å². The Morgan fingerprint density at radius 3 is 1.90 bits per heavy atom. The summed E-state index contributed by atoms with van der Waals surface area (Å²) in [6.07, 6.45) is 0.227. The van der Waals surface area contributed by atoms with Crippen molar-refractivity contribution in [2.45, 2.75) is 18.4 Å². The first-order valence-electron chi connectivity index (χ1n) is 2.45. The molecule has 0 aromatic heterocycles. The number of carbonyl (C=O) groups excluding carboxylic acids is 1. The second kappa shape index (κ2) is 2.86. The summed E-state index contributed by atoms with van der Waals surface area (Å²) in [7, 11) is 0. The molecule has 10 heavy (non-hydrogen) atoms. The molecule has 0 radical (unpaired) electrons. The average Bonchev–Trinajstić information content (AvgIpc) is 2.40. The van der Waals surface area contributed by atoms with Gasteiger partial charge < -0.3 is 9.90 Å². The van der Waals surface area contributed by atoms with Crippen LogP contribution in [0.25, 0.3) is 0 Å². The van der Waals surface area contributed by atoms with Gasteiger partial charge in [0.25, 0.3) is 5.54 Å². The van der Waals surface area contributed by atoms with Gasteiger partial charge in [0.2, 0.25) is 0 Å². The molecule has 1 saturated carbocycles. The zero-order valence-electron chi connectivity index (χ0n) is 5.49. The molecule has 1 aliphatic rings. The van der Waals surface area contributed by atoms with E-state index in [9.17, 15) is 20.0 Å². The van der Waals surface area contributed by atoms with E-state index in [1.54, 1.807) is 0 Å². The van der Waals surface area contributed by atoms with Crippen LogP contribution in [0.2, 0.25) is 0 Å². The van der Waals surface area contributed by atoms with Gasteiger partial charge in [-0.2, -0.15) is 0 Å². The van der Waals surface area contributed by atoms with Crippen molar-refractivity contribution in [1.82, 2.24) is 0 Å². The molecule has 0 unspecified atom stereocenters. The van der Waals surface area contributed by atoms with Gasteiger partial charge in [-0.3, -0.25) is 10.1 Å². The normalized spacial score (nSPS) is 18.8. The fourth-order valence-corrected chi connectivity index (χ4v) is 0.580. The van der Waals surface area contributed by atoms with Crippen LogP contribution >= 0.6 is 0 Å². The zero-order chi connectivity index (χ0) is 7.07. The molecule has 1 aliphatic carbocycles. The molecule has 5 nitrogen and oxygen atoms in total. The van der Waals surface area contributed by atoms with E-state index in [1.165, 1.54) is 0 Å². The summed E-state index contributed by atoms with van der Waals surface area (Å²) in [4.78, 5) is 19.1. The zero-order valence-corrected chi connectivity index (χ0v) is 7.49. The van der Waals surface area contributed by atoms with Crippen LogP contribution in [0.4, 0.5) is 0 Å². The number of carbonyl (C=O) groups is 1. The molecule has 6 heteroatoms. The van der Waals surface area contributed by atoms with E-state index in [0.29, 0.717) is 0 Å². The summed E-state index contributed by atoms with van der Waals surface area (Å²) in [5.74, 6) is -1.56. The third-order valence-corrected chi connectivity index (χ3v) is 1.45. The molecule has 1 fully saturated rings. The second-order valence-corrected chi connectivity index (χ2v) is 2.08. The fourth-order valence-electron chi connectivity index (χ4n) is 0.580. The smallest absolute Gasteiger partial charge is 0.543 e. The monoisotopic (exact) mass is 153 g/mol. The number of aliphatic carboxylic acids is 1. The van der Waals surface area contributed by atoms with Crippen LogP contribution in [0, 0.1) is 10.1 Å². The first kappa shape index (κ1) is 9.87. The van der Waals surface area contributed by atoms with Crippen molar-refractivity contribution in [3.05, 3.63) is 10.1 Å². The summed E-state index contributed by atoms with van der Waals surface area (Å²) in [5.41, 5.74) is -1.72. The third-order valence-electron chi connectivity index (χ3n) is 1.45. The Morgan fingerprint density at radius 1 is 1.50 bits per heavy atom. The Kier molecular flexibility index (Phi) is 2.82. The molecule has 0 aromatic carbocycles. The molecule has 0 amide bonds. The Morgan fingerprint density at radius 2 is 1.90 bits per heavy atom. The second-order valence-electron chi connectivity index (χ2n) is 2.08. The number of hydrogen-bond acceptors (Lipinski definition) is 4. The van der Waals surface area contributed by atoms with Gasteiger partial charge in [0.1, 0.15) is 5.97 Å². The summed E-state index contributed by atoms with van der Waals surface area (Å²) in [6, 6.07) is 0. The van der Waals surface area contributed by atoms with Crippen molar-refractivity contribution in [3.63, 3.8) is 0 Å². The Hall–Kier alpha value is -0.130. The molecule has 0 atom stereocenters. The molecule has 0 spiro atoms. The molecular formula is C4H4NNaO4. The van der Waals surface area contributed by atoms with Crippen molar-refractivity contribution in [2.24, 2.45) is 0 Å². The molecule has 50 valence electrons. The minimum absolute atomic E-state index is 0. The van der Waals surface area contributed by atoms with Crippen LogP contribution in [-0.2, 0) is 4.79 Å². The average molecular weight is 153 g/mol. The molecule has 0 N–H and O–H groups in total. The van der Waals surface area contributed by atoms with E-state index in [4.69, 9.17) is 0 Å². The van der Waals surface area contributed by atoms with Gasteiger partial charge in [0, 0.05) is 17.8 Å². The fraction of sp³-hybridized carbons (Fsp3) is 0.750. The number of nitrogens with zero attached hydrogens (tertiary/aromatic N) is 1. The topological polar surface area (TPSA) is 83.3 Å². The number of hydrogen-bond donors (Lipinski definition) is 0. The maximum Gasteiger partial charge on any atom is 1.00 e. The van der Waals surface area contributed by atoms with Crippen LogP contribution in [0.3, 0.4) is 0 Å². The maximum atomic E-state index is 9.97. The van der Waals surface area contributed by atoms with Gasteiger partial charge >= 0.3 is 29.6 Å². The predicted molar refractivity (Wildman–Crippen MR) is 24.0 cm³/mol. The van der Waals surface area contributed by atoms with E-state index >= 15 is 0 Å². The van der Waals surface area contributed by atoms with Crippen molar-refractivity contribution in [3.8, 4) is 0 Å². The molecule has 0 aromatic rings.